The maximum absolute atomic E-state index is 12.3. The summed E-state index contributed by atoms with van der Waals surface area (Å²) in [5.41, 5.74) is 0. The van der Waals surface area contributed by atoms with Crippen LogP contribution in [0.15, 0.2) is 42.5 Å². The van der Waals surface area contributed by atoms with Gasteiger partial charge in [0.15, 0.2) is 5.82 Å². The molecule has 1 aromatic carbocycles. The highest BCUT2D eigenvalue weighted by Crippen LogP contribution is 2.22. The Bertz CT molecular complexity index is 700. The minimum Gasteiger partial charge on any atom is -0.492 e. The highest BCUT2D eigenvalue weighted by atomic mass is 16.5. The molecular formula is C20H27N5O2. The second-order valence-corrected chi connectivity index (χ2v) is 6.52. The third-order valence-corrected chi connectivity index (χ3v) is 4.61. The van der Waals surface area contributed by atoms with Crippen LogP contribution in [0.2, 0.25) is 0 Å². The summed E-state index contributed by atoms with van der Waals surface area (Å²) in [7, 11) is 0. The molecule has 144 valence electrons. The number of hydrogen-bond acceptors (Lipinski definition) is 6. The van der Waals surface area contributed by atoms with Crippen molar-refractivity contribution in [2.45, 2.75) is 19.8 Å². The summed E-state index contributed by atoms with van der Waals surface area (Å²) in [6.07, 6.45) is 1.64. The average molecular weight is 369 g/mol. The van der Waals surface area contributed by atoms with E-state index < -0.39 is 0 Å². The largest absolute Gasteiger partial charge is 0.492 e. The molecular weight excluding hydrogens is 342 g/mol. The van der Waals surface area contributed by atoms with Crippen LogP contribution in [-0.4, -0.2) is 48.9 Å². The van der Waals surface area contributed by atoms with Crippen LogP contribution in [0.5, 0.6) is 5.75 Å². The van der Waals surface area contributed by atoms with E-state index in [9.17, 15) is 4.79 Å². The van der Waals surface area contributed by atoms with E-state index in [4.69, 9.17) is 4.74 Å². The lowest BCUT2D eigenvalue weighted by Crippen LogP contribution is -2.41. The number of ether oxygens (including phenoxy) is 1. The first-order valence-corrected chi connectivity index (χ1v) is 9.54. The fourth-order valence-electron chi connectivity index (χ4n) is 3.14. The average Bonchev–Trinajstić information content (AvgIpc) is 2.73. The first-order valence-electron chi connectivity index (χ1n) is 9.54. The number of para-hydroxylation sites is 1. The summed E-state index contributed by atoms with van der Waals surface area (Å²) in [6, 6.07) is 13.5. The van der Waals surface area contributed by atoms with Gasteiger partial charge in [0.05, 0.1) is 6.54 Å². The van der Waals surface area contributed by atoms with Gasteiger partial charge in [-0.05, 0) is 44.0 Å². The molecule has 2 heterocycles. The Kier molecular flexibility index (Phi) is 6.84. The summed E-state index contributed by atoms with van der Waals surface area (Å²) in [5, 5.41) is 14.6. The van der Waals surface area contributed by atoms with Crippen LogP contribution in [0.25, 0.3) is 0 Å². The Morgan fingerprint density at radius 1 is 1.15 bits per heavy atom. The summed E-state index contributed by atoms with van der Waals surface area (Å²) < 4.78 is 5.60. The van der Waals surface area contributed by atoms with E-state index >= 15 is 0 Å². The molecule has 0 unspecified atom stereocenters. The van der Waals surface area contributed by atoms with Crippen molar-refractivity contribution in [3.63, 3.8) is 0 Å². The number of nitrogens with zero attached hydrogens (tertiary/aromatic N) is 3. The van der Waals surface area contributed by atoms with Gasteiger partial charge < -0.3 is 20.3 Å². The van der Waals surface area contributed by atoms with E-state index in [2.05, 4.69) is 25.7 Å². The van der Waals surface area contributed by atoms with Crippen molar-refractivity contribution in [3.8, 4) is 5.75 Å². The first kappa shape index (κ1) is 18.9. The van der Waals surface area contributed by atoms with Crippen LogP contribution in [0.4, 0.5) is 11.6 Å². The zero-order valence-corrected chi connectivity index (χ0v) is 15.7. The molecule has 0 bridgehead atoms. The predicted octanol–water partition coefficient (Wildman–Crippen LogP) is 2.32. The summed E-state index contributed by atoms with van der Waals surface area (Å²) >= 11 is 0. The fourth-order valence-corrected chi connectivity index (χ4v) is 3.14. The van der Waals surface area contributed by atoms with Gasteiger partial charge in [0, 0.05) is 25.6 Å². The monoisotopic (exact) mass is 369 g/mol. The Balaban J connectivity index is 1.37. The van der Waals surface area contributed by atoms with E-state index in [1.165, 1.54) is 0 Å². The van der Waals surface area contributed by atoms with E-state index in [1.54, 1.807) is 0 Å². The molecule has 1 aliphatic rings. The molecule has 2 aromatic rings. The number of hydrogen-bond donors (Lipinski definition) is 2. The van der Waals surface area contributed by atoms with E-state index in [1.807, 2.05) is 49.4 Å². The van der Waals surface area contributed by atoms with Gasteiger partial charge in [0.2, 0.25) is 5.91 Å². The van der Waals surface area contributed by atoms with Crippen LogP contribution in [-0.2, 0) is 4.79 Å². The number of aromatic nitrogens is 2. The Hall–Kier alpha value is -2.83. The van der Waals surface area contributed by atoms with Crippen LogP contribution in [0.1, 0.15) is 19.8 Å². The van der Waals surface area contributed by atoms with Crippen molar-refractivity contribution in [1.29, 1.82) is 0 Å². The summed E-state index contributed by atoms with van der Waals surface area (Å²) in [6.45, 7) is 5.47. The number of nitrogens with one attached hydrogen (secondary N) is 2. The minimum absolute atomic E-state index is 0.0481. The van der Waals surface area contributed by atoms with Gasteiger partial charge in [-0.25, -0.2) is 0 Å². The third kappa shape index (κ3) is 5.57. The molecule has 7 heteroatoms. The molecule has 0 radical (unpaired) electrons. The van der Waals surface area contributed by atoms with Crippen molar-refractivity contribution >= 4 is 17.5 Å². The highest BCUT2D eigenvalue weighted by molar-refractivity contribution is 5.78. The number of piperidine rings is 1. The van der Waals surface area contributed by atoms with Gasteiger partial charge in [0.25, 0.3) is 0 Å². The van der Waals surface area contributed by atoms with Crippen molar-refractivity contribution < 1.29 is 9.53 Å². The zero-order chi connectivity index (χ0) is 18.9. The van der Waals surface area contributed by atoms with Gasteiger partial charge in [-0.3, -0.25) is 4.79 Å². The number of carbonyl (C=O) groups excluding carboxylic acids is 1. The Morgan fingerprint density at radius 3 is 2.59 bits per heavy atom. The van der Waals surface area contributed by atoms with Crippen molar-refractivity contribution in [2.75, 3.05) is 43.0 Å². The highest BCUT2D eigenvalue weighted by Gasteiger charge is 2.25. The summed E-state index contributed by atoms with van der Waals surface area (Å²) in [5.74, 6) is 2.63. The SMILES string of the molecule is CCNc1ccc(N2CCC(C(=O)NCCOc3ccccc3)CC2)nn1. The Morgan fingerprint density at radius 2 is 1.93 bits per heavy atom. The number of amides is 1. The molecule has 0 aliphatic carbocycles. The van der Waals surface area contributed by atoms with Gasteiger partial charge in [-0.15, -0.1) is 10.2 Å². The molecule has 1 aliphatic heterocycles. The fraction of sp³-hybridized carbons (Fsp3) is 0.450. The first-order chi connectivity index (χ1) is 13.3. The van der Waals surface area contributed by atoms with Gasteiger partial charge >= 0.3 is 0 Å². The second kappa shape index (κ2) is 9.75. The van der Waals surface area contributed by atoms with Gasteiger partial charge in [0.1, 0.15) is 18.2 Å². The molecule has 0 spiro atoms. The van der Waals surface area contributed by atoms with Crippen molar-refractivity contribution in [3.05, 3.63) is 42.5 Å². The molecule has 0 atom stereocenters. The van der Waals surface area contributed by atoms with Crippen LogP contribution in [0.3, 0.4) is 0 Å². The lowest BCUT2D eigenvalue weighted by atomic mass is 9.96. The predicted molar refractivity (Wildman–Crippen MR) is 106 cm³/mol. The molecule has 1 saturated heterocycles. The van der Waals surface area contributed by atoms with Crippen molar-refractivity contribution in [2.24, 2.45) is 5.92 Å². The lowest BCUT2D eigenvalue weighted by molar-refractivity contribution is -0.125. The second-order valence-electron chi connectivity index (χ2n) is 6.52. The minimum atomic E-state index is 0.0481. The quantitative estimate of drug-likeness (QED) is 0.695. The molecule has 0 saturated carbocycles. The molecule has 1 aromatic heterocycles. The topological polar surface area (TPSA) is 79.4 Å². The number of rotatable bonds is 8. The number of carbonyl (C=O) groups is 1. The molecule has 7 nitrogen and oxygen atoms in total. The van der Waals surface area contributed by atoms with Crippen LogP contribution < -0.4 is 20.3 Å². The normalized spacial score (nSPS) is 14.6. The van der Waals surface area contributed by atoms with E-state index in [-0.39, 0.29) is 11.8 Å². The standard InChI is InChI=1S/C20H27N5O2/c1-2-21-18-8-9-19(24-23-18)25-13-10-16(11-14-25)20(26)22-12-15-27-17-6-4-3-5-7-17/h3-9,16H,2,10-15H2,1H3,(H,21,23)(H,22,26). The smallest absolute Gasteiger partial charge is 0.223 e. The van der Waals surface area contributed by atoms with E-state index in [0.717, 1.165) is 49.9 Å². The van der Waals surface area contributed by atoms with E-state index in [0.29, 0.717) is 13.2 Å². The van der Waals surface area contributed by atoms with Crippen LogP contribution >= 0.6 is 0 Å². The lowest BCUT2D eigenvalue weighted by Gasteiger charge is -2.31. The molecule has 2 N–H and O–H groups in total. The molecule has 27 heavy (non-hydrogen) atoms. The Labute approximate surface area is 160 Å². The molecule has 1 amide bonds. The van der Waals surface area contributed by atoms with Crippen molar-refractivity contribution in [1.82, 2.24) is 15.5 Å². The zero-order valence-electron chi connectivity index (χ0n) is 15.7. The third-order valence-electron chi connectivity index (χ3n) is 4.61. The van der Waals surface area contributed by atoms with Gasteiger partial charge in [-0.2, -0.15) is 0 Å². The number of anilines is 2. The van der Waals surface area contributed by atoms with Crippen LogP contribution in [0, 0.1) is 5.92 Å². The molecule has 1 fully saturated rings. The van der Waals surface area contributed by atoms with Gasteiger partial charge in [-0.1, -0.05) is 18.2 Å². The number of benzene rings is 1. The molecule has 3 rings (SSSR count). The maximum atomic E-state index is 12.3. The maximum Gasteiger partial charge on any atom is 0.223 e. The summed E-state index contributed by atoms with van der Waals surface area (Å²) in [4.78, 5) is 14.5.